The fourth-order valence-corrected chi connectivity index (χ4v) is 8.13. The molecular formula is C56H103NO5. The lowest BCUT2D eigenvalue weighted by Crippen LogP contribution is -2.46. The van der Waals surface area contributed by atoms with E-state index in [9.17, 15) is 19.8 Å². The molecule has 0 aromatic rings. The van der Waals surface area contributed by atoms with Crippen molar-refractivity contribution in [2.45, 2.75) is 289 Å². The van der Waals surface area contributed by atoms with E-state index in [-0.39, 0.29) is 24.9 Å². The van der Waals surface area contributed by atoms with Crippen molar-refractivity contribution in [2.24, 2.45) is 0 Å². The summed E-state index contributed by atoms with van der Waals surface area (Å²) in [6.07, 6.45) is 60.3. The van der Waals surface area contributed by atoms with E-state index in [1.165, 1.54) is 135 Å². The van der Waals surface area contributed by atoms with Gasteiger partial charge in [-0.25, -0.2) is 0 Å². The van der Waals surface area contributed by atoms with Crippen LogP contribution in [0, 0.1) is 0 Å². The number of carbonyl (C=O) groups is 2. The van der Waals surface area contributed by atoms with E-state index in [0.29, 0.717) is 19.3 Å². The van der Waals surface area contributed by atoms with Crippen molar-refractivity contribution in [1.29, 1.82) is 0 Å². The molecule has 0 aromatic heterocycles. The second-order valence-electron chi connectivity index (χ2n) is 18.3. The number of unbranched alkanes of at least 4 members (excludes halogenated alkanes) is 28. The molecule has 3 atom stereocenters. The highest BCUT2D eigenvalue weighted by Gasteiger charge is 2.24. The fourth-order valence-electron chi connectivity index (χ4n) is 8.13. The van der Waals surface area contributed by atoms with Gasteiger partial charge in [0.25, 0.3) is 0 Å². The molecule has 0 aromatic carbocycles. The molecule has 6 nitrogen and oxygen atoms in total. The Morgan fingerprint density at radius 2 is 0.871 bits per heavy atom. The molecule has 1 amide bonds. The molecule has 0 aliphatic heterocycles. The van der Waals surface area contributed by atoms with Gasteiger partial charge in [-0.05, 0) is 64.2 Å². The summed E-state index contributed by atoms with van der Waals surface area (Å²) in [5.74, 6) is -0.503. The quantitative estimate of drug-likeness (QED) is 0.0322. The minimum Gasteiger partial charge on any atom is -0.462 e. The van der Waals surface area contributed by atoms with Crippen LogP contribution in [-0.2, 0) is 14.3 Å². The van der Waals surface area contributed by atoms with Crippen molar-refractivity contribution in [3.05, 3.63) is 48.6 Å². The number of rotatable bonds is 48. The van der Waals surface area contributed by atoms with Crippen LogP contribution >= 0.6 is 0 Å². The van der Waals surface area contributed by atoms with Gasteiger partial charge in [-0.2, -0.15) is 0 Å². The average Bonchev–Trinajstić information content (AvgIpc) is 3.26. The molecule has 362 valence electrons. The number of hydrogen-bond donors (Lipinski definition) is 3. The van der Waals surface area contributed by atoms with Crippen molar-refractivity contribution in [1.82, 2.24) is 5.32 Å². The molecule has 0 bridgehead atoms. The molecule has 3 unspecified atom stereocenters. The van der Waals surface area contributed by atoms with E-state index in [1.54, 1.807) is 0 Å². The van der Waals surface area contributed by atoms with Crippen molar-refractivity contribution in [3.8, 4) is 0 Å². The summed E-state index contributed by atoms with van der Waals surface area (Å²) < 4.78 is 5.92. The Kier molecular flexibility index (Phi) is 48.1. The largest absolute Gasteiger partial charge is 0.462 e. The van der Waals surface area contributed by atoms with Gasteiger partial charge >= 0.3 is 5.97 Å². The number of hydrogen-bond acceptors (Lipinski definition) is 5. The first-order chi connectivity index (χ1) is 30.5. The molecule has 0 rings (SSSR count). The number of nitrogens with one attached hydrogen (secondary N) is 1. The average molecular weight is 870 g/mol. The van der Waals surface area contributed by atoms with Crippen molar-refractivity contribution in [3.63, 3.8) is 0 Å². The second kappa shape index (κ2) is 49.8. The Morgan fingerprint density at radius 3 is 1.31 bits per heavy atom. The standard InChI is InChI=1S/C56H103NO5/c1-4-7-10-13-16-19-22-24-26-28-29-31-33-36-39-42-45-48-54(59)53(51-58)57-55(60)50-52(47-44-41-38-35-21-18-15-12-9-6-3)62-56(61)49-46-43-40-37-34-32-30-27-25-23-20-17-14-11-8-5-2/h8,11,17,20,25,27,32,34,52-54,58-59H,4-7,9-10,12-16,18-19,21-24,26,28-31,33,35-51H2,1-3H3,(H,57,60)/b11-8+,20-17+,27-25+,34-32+. The van der Waals surface area contributed by atoms with Gasteiger partial charge in [-0.3, -0.25) is 9.59 Å². The number of aliphatic hydroxyl groups is 2. The maximum absolute atomic E-state index is 13.2. The highest BCUT2D eigenvalue weighted by molar-refractivity contribution is 5.77. The third-order valence-electron chi connectivity index (χ3n) is 12.2. The summed E-state index contributed by atoms with van der Waals surface area (Å²) in [5.41, 5.74) is 0. The lowest BCUT2D eigenvalue weighted by atomic mass is 10.0. The molecule has 0 saturated heterocycles. The van der Waals surface area contributed by atoms with E-state index >= 15 is 0 Å². The van der Waals surface area contributed by atoms with Gasteiger partial charge in [-0.1, -0.05) is 243 Å². The molecular weight excluding hydrogens is 767 g/mol. The van der Waals surface area contributed by atoms with E-state index < -0.39 is 18.2 Å². The summed E-state index contributed by atoms with van der Waals surface area (Å²) in [5, 5.41) is 23.8. The lowest BCUT2D eigenvalue weighted by Gasteiger charge is -2.24. The first-order valence-electron chi connectivity index (χ1n) is 26.9. The number of amides is 1. The number of esters is 1. The van der Waals surface area contributed by atoms with Crippen LogP contribution in [0.1, 0.15) is 271 Å². The molecule has 0 spiro atoms. The summed E-state index contributed by atoms with van der Waals surface area (Å²) in [7, 11) is 0. The van der Waals surface area contributed by atoms with Crippen LogP contribution in [0.2, 0.25) is 0 Å². The van der Waals surface area contributed by atoms with Gasteiger partial charge in [0, 0.05) is 6.42 Å². The SMILES string of the molecule is CC/C=C/C/C=C/C/C=C/C/C=C/CCCCCC(=O)OC(CCCCCCCCCCCC)CC(=O)NC(CO)C(O)CCCCCCCCCCCCCCCCCCC. The molecule has 0 heterocycles. The zero-order chi connectivity index (χ0) is 45.2. The van der Waals surface area contributed by atoms with Crippen LogP contribution in [-0.4, -0.2) is 46.9 Å². The van der Waals surface area contributed by atoms with E-state index in [0.717, 1.165) is 89.9 Å². The number of carbonyl (C=O) groups excluding carboxylic acids is 2. The minimum absolute atomic E-state index is 0.0668. The monoisotopic (exact) mass is 870 g/mol. The molecule has 6 heteroatoms. The topological polar surface area (TPSA) is 95.9 Å². The van der Waals surface area contributed by atoms with E-state index in [2.05, 4.69) is 74.7 Å². The minimum atomic E-state index is -0.792. The van der Waals surface area contributed by atoms with Crippen LogP contribution in [0.15, 0.2) is 48.6 Å². The summed E-state index contributed by atoms with van der Waals surface area (Å²) >= 11 is 0. The first-order valence-corrected chi connectivity index (χ1v) is 26.9. The van der Waals surface area contributed by atoms with Gasteiger partial charge in [0.1, 0.15) is 6.10 Å². The zero-order valence-corrected chi connectivity index (χ0v) is 41.3. The highest BCUT2D eigenvalue weighted by Crippen LogP contribution is 2.18. The zero-order valence-electron chi connectivity index (χ0n) is 41.3. The van der Waals surface area contributed by atoms with Gasteiger partial charge in [0.05, 0.1) is 25.2 Å². The van der Waals surface area contributed by atoms with E-state index in [4.69, 9.17) is 4.74 Å². The van der Waals surface area contributed by atoms with Gasteiger partial charge in [-0.15, -0.1) is 0 Å². The molecule has 0 radical (unpaired) electrons. The van der Waals surface area contributed by atoms with Crippen LogP contribution in [0.3, 0.4) is 0 Å². The van der Waals surface area contributed by atoms with Crippen LogP contribution in [0.5, 0.6) is 0 Å². The summed E-state index contributed by atoms with van der Waals surface area (Å²) in [6, 6.07) is -0.706. The normalized spacial score (nSPS) is 13.6. The predicted molar refractivity (Wildman–Crippen MR) is 269 cm³/mol. The van der Waals surface area contributed by atoms with Gasteiger partial charge in [0.15, 0.2) is 0 Å². The van der Waals surface area contributed by atoms with Crippen LogP contribution in [0.25, 0.3) is 0 Å². The Bertz CT molecular complexity index is 1070. The maximum atomic E-state index is 13.2. The van der Waals surface area contributed by atoms with Crippen molar-refractivity contribution in [2.75, 3.05) is 6.61 Å². The van der Waals surface area contributed by atoms with Gasteiger partial charge < -0.3 is 20.3 Å². The summed E-state index contributed by atoms with van der Waals surface area (Å²) in [4.78, 5) is 26.1. The molecule has 62 heavy (non-hydrogen) atoms. The molecule has 0 aliphatic rings. The maximum Gasteiger partial charge on any atom is 0.306 e. The predicted octanol–water partition coefficient (Wildman–Crippen LogP) is 16.2. The Hall–Kier alpha value is -2.18. The number of allylic oxidation sites excluding steroid dienone is 8. The Balaban J connectivity index is 4.48. The second-order valence-corrected chi connectivity index (χ2v) is 18.3. The van der Waals surface area contributed by atoms with Crippen LogP contribution < -0.4 is 5.32 Å². The van der Waals surface area contributed by atoms with Crippen molar-refractivity contribution < 1.29 is 24.5 Å². The molecule has 0 saturated carbocycles. The third kappa shape index (κ3) is 44.4. The Morgan fingerprint density at radius 1 is 0.484 bits per heavy atom. The Labute approximate surface area is 385 Å². The smallest absolute Gasteiger partial charge is 0.306 e. The lowest BCUT2D eigenvalue weighted by molar-refractivity contribution is -0.151. The third-order valence-corrected chi connectivity index (χ3v) is 12.2. The van der Waals surface area contributed by atoms with Gasteiger partial charge in [0.2, 0.25) is 5.91 Å². The highest BCUT2D eigenvalue weighted by atomic mass is 16.5. The van der Waals surface area contributed by atoms with Crippen LogP contribution in [0.4, 0.5) is 0 Å². The fraction of sp³-hybridized carbons (Fsp3) is 0.821. The van der Waals surface area contributed by atoms with Crippen molar-refractivity contribution >= 4 is 11.9 Å². The molecule has 3 N–H and O–H groups in total. The number of ether oxygens (including phenoxy) is 1. The number of aliphatic hydroxyl groups excluding tert-OH is 2. The summed E-state index contributed by atoms with van der Waals surface area (Å²) in [6.45, 7) is 6.37. The van der Waals surface area contributed by atoms with E-state index in [1.807, 2.05) is 0 Å². The molecule has 0 fully saturated rings. The molecule has 0 aliphatic carbocycles. The first kappa shape index (κ1) is 59.8.